The number of hydrogen-bond donors (Lipinski definition) is 3. The molecule has 144 valence electrons. The van der Waals surface area contributed by atoms with E-state index < -0.39 is 29.5 Å². The highest BCUT2D eigenvalue weighted by Gasteiger charge is 2.25. The number of amides is 1. The van der Waals surface area contributed by atoms with E-state index in [1.165, 1.54) is 6.07 Å². The Balaban J connectivity index is 2.23. The lowest BCUT2D eigenvalue weighted by Crippen LogP contribution is -2.38. The van der Waals surface area contributed by atoms with Crippen molar-refractivity contribution in [1.29, 1.82) is 0 Å². The van der Waals surface area contributed by atoms with E-state index in [2.05, 4.69) is 4.98 Å². The lowest BCUT2D eigenvalue weighted by Gasteiger charge is -2.20. The number of primary amides is 1. The molecular formula is C18H22N4O5. The Morgan fingerprint density at radius 3 is 2.44 bits per heavy atom. The predicted molar refractivity (Wildman–Crippen MR) is 98.7 cm³/mol. The molecule has 2 rings (SSSR count). The van der Waals surface area contributed by atoms with Crippen LogP contribution >= 0.6 is 0 Å². The average Bonchev–Trinajstić information content (AvgIpc) is 2.51. The van der Waals surface area contributed by atoms with E-state index in [1.807, 2.05) is 0 Å². The first-order chi connectivity index (χ1) is 12.5. The smallest absolute Gasteiger partial charge is 0.328 e. The number of ether oxygens (including phenoxy) is 2. The van der Waals surface area contributed by atoms with Gasteiger partial charge in [0, 0.05) is 11.1 Å². The molecule has 1 aromatic heterocycles. The second kappa shape index (κ2) is 7.58. The minimum absolute atomic E-state index is 0.162. The van der Waals surface area contributed by atoms with Crippen molar-refractivity contribution >= 4 is 34.4 Å². The van der Waals surface area contributed by atoms with E-state index in [1.54, 1.807) is 39.0 Å². The van der Waals surface area contributed by atoms with Crippen LogP contribution in [0.1, 0.15) is 37.7 Å². The number of nitrogen functional groups attached to an aromatic ring is 1. The molecule has 1 amide bonds. The van der Waals surface area contributed by atoms with E-state index in [0.717, 1.165) is 0 Å². The number of hydrogen-bond acceptors (Lipinski definition) is 8. The SMILES string of the molecule is CC(C)(C)OC(=O)C[C@H](N)C(=O)Oc1cc2cc(N)ccc2nc1C(N)=O. The number of anilines is 1. The van der Waals surface area contributed by atoms with E-state index >= 15 is 0 Å². The number of fused-ring (bicyclic) bond motifs is 1. The van der Waals surface area contributed by atoms with E-state index in [0.29, 0.717) is 16.6 Å². The highest BCUT2D eigenvalue weighted by atomic mass is 16.6. The first-order valence-corrected chi connectivity index (χ1v) is 8.15. The van der Waals surface area contributed by atoms with Crippen LogP contribution in [0.25, 0.3) is 10.9 Å². The molecule has 0 spiro atoms. The number of carbonyl (C=O) groups excluding carboxylic acids is 3. The summed E-state index contributed by atoms with van der Waals surface area (Å²) in [6, 6.07) is 4.96. The summed E-state index contributed by atoms with van der Waals surface area (Å²) >= 11 is 0. The maximum Gasteiger partial charge on any atom is 0.328 e. The Morgan fingerprint density at radius 1 is 1.19 bits per heavy atom. The Hall–Kier alpha value is -3.20. The lowest BCUT2D eigenvalue weighted by molar-refractivity contribution is -0.157. The van der Waals surface area contributed by atoms with Gasteiger partial charge in [-0.3, -0.25) is 9.59 Å². The van der Waals surface area contributed by atoms with Crippen molar-refractivity contribution < 1.29 is 23.9 Å². The zero-order valence-electron chi connectivity index (χ0n) is 15.3. The normalized spacial score (nSPS) is 12.4. The second-order valence-electron chi connectivity index (χ2n) is 6.97. The number of esters is 2. The first kappa shape index (κ1) is 20.1. The van der Waals surface area contributed by atoms with Gasteiger partial charge in [0.25, 0.3) is 5.91 Å². The minimum atomic E-state index is -1.28. The van der Waals surface area contributed by atoms with Crippen LogP contribution in [0.4, 0.5) is 5.69 Å². The van der Waals surface area contributed by atoms with E-state index in [-0.39, 0.29) is 17.9 Å². The van der Waals surface area contributed by atoms with Gasteiger partial charge in [0.15, 0.2) is 11.4 Å². The van der Waals surface area contributed by atoms with Gasteiger partial charge in [0.05, 0.1) is 11.9 Å². The molecule has 1 atom stereocenters. The number of rotatable bonds is 5. The number of nitrogens with two attached hydrogens (primary N) is 3. The Kier molecular flexibility index (Phi) is 5.65. The molecule has 27 heavy (non-hydrogen) atoms. The molecule has 9 heteroatoms. The third-order valence-electron chi connectivity index (χ3n) is 3.36. The molecule has 1 heterocycles. The van der Waals surface area contributed by atoms with Crippen molar-refractivity contribution in [3.63, 3.8) is 0 Å². The summed E-state index contributed by atoms with van der Waals surface area (Å²) < 4.78 is 10.3. The van der Waals surface area contributed by atoms with Crippen LogP contribution in [0.15, 0.2) is 24.3 Å². The van der Waals surface area contributed by atoms with Crippen molar-refractivity contribution in [1.82, 2.24) is 4.98 Å². The predicted octanol–water partition coefficient (Wildman–Crippen LogP) is 0.880. The Labute approximate surface area is 155 Å². The Morgan fingerprint density at radius 2 is 1.85 bits per heavy atom. The zero-order chi connectivity index (χ0) is 20.4. The fraction of sp³-hybridized carbons (Fsp3) is 0.333. The summed E-state index contributed by atoms with van der Waals surface area (Å²) in [6.07, 6.45) is -0.379. The van der Waals surface area contributed by atoms with Gasteiger partial charge in [-0.2, -0.15) is 0 Å². The van der Waals surface area contributed by atoms with Gasteiger partial charge >= 0.3 is 11.9 Å². The van der Waals surface area contributed by atoms with Gasteiger partial charge < -0.3 is 26.7 Å². The summed E-state index contributed by atoms with van der Waals surface area (Å²) in [7, 11) is 0. The summed E-state index contributed by atoms with van der Waals surface area (Å²) in [5, 5.41) is 0.545. The molecule has 0 aliphatic carbocycles. The summed E-state index contributed by atoms with van der Waals surface area (Å²) in [6.45, 7) is 5.08. The number of pyridine rings is 1. The molecule has 0 aliphatic rings. The van der Waals surface area contributed by atoms with Crippen molar-refractivity contribution in [3.05, 3.63) is 30.0 Å². The van der Waals surface area contributed by atoms with Crippen molar-refractivity contribution in [2.75, 3.05) is 5.73 Å². The summed E-state index contributed by atoms with van der Waals surface area (Å²) in [4.78, 5) is 39.8. The highest BCUT2D eigenvalue weighted by Crippen LogP contribution is 2.25. The van der Waals surface area contributed by atoms with Gasteiger partial charge in [-0.15, -0.1) is 0 Å². The molecule has 0 bridgehead atoms. The fourth-order valence-corrected chi connectivity index (χ4v) is 2.26. The summed E-state index contributed by atoms with van der Waals surface area (Å²) in [5.41, 5.74) is 16.7. The molecule has 0 fully saturated rings. The van der Waals surface area contributed by atoms with Crippen LogP contribution in [-0.2, 0) is 14.3 Å². The molecule has 1 aromatic carbocycles. The molecule has 6 N–H and O–H groups in total. The quantitative estimate of drug-likeness (QED) is 0.513. The van der Waals surface area contributed by atoms with Crippen LogP contribution in [0, 0.1) is 0 Å². The van der Waals surface area contributed by atoms with E-state index in [9.17, 15) is 14.4 Å². The van der Waals surface area contributed by atoms with E-state index in [4.69, 9.17) is 26.7 Å². The molecular weight excluding hydrogens is 352 g/mol. The maximum atomic E-state index is 12.2. The number of nitrogens with zero attached hydrogens (tertiary/aromatic N) is 1. The average molecular weight is 374 g/mol. The standard InChI is InChI=1S/C18H22N4O5/c1-18(2,3)27-14(23)8-11(20)17(25)26-13-7-9-6-10(19)4-5-12(9)22-15(13)16(21)24/h4-7,11H,8,19-20H2,1-3H3,(H2,21,24)/t11-/m0/s1. The van der Waals surface area contributed by atoms with Crippen molar-refractivity contribution in [3.8, 4) is 5.75 Å². The molecule has 0 saturated heterocycles. The highest BCUT2D eigenvalue weighted by molar-refractivity contribution is 5.98. The van der Waals surface area contributed by atoms with Gasteiger partial charge in [0.2, 0.25) is 0 Å². The largest absolute Gasteiger partial charge is 0.460 e. The molecule has 0 unspecified atom stereocenters. The van der Waals surface area contributed by atoms with Crippen LogP contribution in [0.3, 0.4) is 0 Å². The molecule has 9 nitrogen and oxygen atoms in total. The first-order valence-electron chi connectivity index (χ1n) is 8.15. The third kappa shape index (κ3) is 5.38. The molecule has 0 radical (unpaired) electrons. The van der Waals surface area contributed by atoms with Gasteiger partial charge in [-0.05, 0) is 45.0 Å². The topological polar surface area (TPSA) is 161 Å². The third-order valence-corrected chi connectivity index (χ3v) is 3.36. The van der Waals surface area contributed by atoms with Crippen LogP contribution < -0.4 is 21.9 Å². The van der Waals surface area contributed by atoms with Crippen LogP contribution in [0.2, 0.25) is 0 Å². The zero-order valence-corrected chi connectivity index (χ0v) is 15.3. The number of aromatic nitrogens is 1. The van der Waals surface area contributed by atoms with Gasteiger partial charge in [0.1, 0.15) is 11.6 Å². The Bertz CT molecular complexity index is 904. The minimum Gasteiger partial charge on any atom is -0.460 e. The lowest BCUT2D eigenvalue weighted by atomic mass is 10.1. The van der Waals surface area contributed by atoms with Gasteiger partial charge in [-0.1, -0.05) is 0 Å². The van der Waals surface area contributed by atoms with Crippen LogP contribution in [-0.4, -0.2) is 34.5 Å². The van der Waals surface area contributed by atoms with Crippen molar-refractivity contribution in [2.45, 2.75) is 38.8 Å². The fourth-order valence-electron chi connectivity index (χ4n) is 2.26. The summed E-state index contributed by atoms with van der Waals surface area (Å²) in [5.74, 6) is -2.61. The molecule has 0 saturated carbocycles. The molecule has 2 aromatic rings. The number of benzene rings is 1. The van der Waals surface area contributed by atoms with Gasteiger partial charge in [-0.25, -0.2) is 9.78 Å². The molecule has 0 aliphatic heterocycles. The number of carbonyl (C=O) groups is 3. The maximum absolute atomic E-state index is 12.2. The van der Waals surface area contributed by atoms with Crippen molar-refractivity contribution in [2.24, 2.45) is 11.5 Å². The monoisotopic (exact) mass is 374 g/mol. The second-order valence-corrected chi connectivity index (χ2v) is 6.97. The van der Waals surface area contributed by atoms with Crippen LogP contribution in [0.5, 0.6) is 5.75 Å².